The lowest BCUT2D eigenvalue weighted by Gasteiger charge is -2.16. The molecule has 0 bridgehead atoms. The van der Waals surface area contributed by atoms with Crippen LogP contribution in [0, 0.1) is 17.5 Å². The van der Waals surface area contributed by atoms with E-state index in [-0.39, 0.29) is 6.42 Å². The first-order valence-corrected chi connectivity index (χ1v) is 6.66. The Balaban J connectivity index is 2.16. The standard InChI is InChI=1S/C16H13F3N2O2/c17-10-3-1-2-9(6-10)7-14(15(20)22)21-16(23)12-5-4-11(18)8-13(12)19/h1-6,8,14H,7H2,(H2,20,22)(H,21,23)/t14-/m1/s1. The van der Waals surface area contributed by atoms with E-state index in [1.807, 2.05) is 0 Å². The molecule has 2 aromatic rings. The van der Waals surface area contributed by atoms with Gasteiger partial charge in [0.15, 0.2) is 0 Å². The van der Waals surface area contributed by atoms with E-state index in [2.05, 4.69) is 5.32 Å². The van der Waals surface area contributed by atoms with Gasteiger partial charge in [-0.2, -0.15) is 0 Å². The molecule has 0 saturated heterocycles. The third-order valence-corrected chi connectivity index (χ3v) is 3.15. The maximum absolute atomic E-state index is 13.6. The van der Waals surface area contributed by atoms with Crippen molar-refractivity contribution in [3.8, 4) is 0 Å². The second-order valence-corrected chi connectivity index (χ2v) is 4.89. The molecule has 23 heavy (non-hydrogen) atoms. The molecule has 1 atom stereocenters. The molecule has 2 aromatic carbocycles. The van der Waals surface area contributed by atoms with Gasteiger partial charge in [-0.05, 0) is 29.8 Å². The Hall–Kier alpha value is -2.83. The number of carbonyl (C=O) groups excluding carboxylic acids is 2. The summed E-state index contributed by atoms with van der Waals surface area (Å²) in [6, 6.07) is 6.71. The first kappa shape index (κ1) is 16.5. The quantitative estimate of drug-likeness (QED) is 0.883. The van der Waals surface area contributed by atoms with Crippen molar-refractivity contribution in [3.05, 3.63) is 71.0 Å². The Morgan fingerprint density at radius 1 is 1.04 bits per heavy atom. The highest BCUT2D eigenvalue weighted by Crippen LogP contribution is 2.11. The van der Waals surface area contributed by atoms with E-state index in [1.54, 1.807) is 6.07 Å². The molecule has 0 heterocycles. The van der Waals surface area contributed by atoms with Crippen molar-refractivity contribution in [2.75, 3.05) is 0 Å². The molecular formula is C16H13F3N2O2. The number of carbonyl (C=O) groups is 2. The van der Waals surface area contributed by atoms with Crippen molar-refractivity contribution in [1.82, 2.24) is 5.32 Å². The molecule has 7 heteroatoms. The lowest BCUT2D eigenvalue weighted by atomic mass is 10.0. The van der Waals surface area contributed by atoms with Gasteiger partial charge in [0, 0.05) is 12.5 Å². The summed E-state index contributed by atoms with van der Waals surface area (Å²) < 4.78 is 39.6. The molecule has 4 nitrogen and oxygen atoms in total. The van der Waals surface area contributed by atoms with Crippen LogP contribution in [-0.2, 0) is 11.2 Å². The molecule has 0 spiro atoms. The minimum absolute atomic E-state index is 0.0539. The fourth-order valence-corrected chi connectivity index (χ4v) is 2.03. The molecule has 2 amide bonds. The fourth-order valence-electron chi connectivity index (χ4n) is 2.03. The van der Waals surface area contributed by atoms with Crippen molar-refractivity contribution in [1.29, 1.82) is 0 Å². The lowest BCUT2D eigenvalue weighted by Crippen LogP contribution is -2.46. The molecule has 0 radical (unpaired) electrons. The Labute approximate surface area is 130 Å². The predicted octanol–water partition coefficient (Wildman–Crippen LogP) is 1.93. The summed E-state index contributed by atoms with van der Waals surface area (Å²) in [5, 5.41) is 2.26. The van der Waals surface area contributed by atoms with Gasteiger partial charge in [-0.15, -0.1) is 0 Å². The van der Waals surface area contributed by atoms with Gasteiger partial charge >= 0.3 is 0 Å². The number of halogens is 3. The van der Waals surface area contributed by atoms with Gasteiger partial charge < -0.3 is 11.1 Å². The number of rotatable bonds is 5. The third kappa shape index (κ3) is 4.32. The topological polar surface area (TPSA) is 72.2 Å². The zero-order valence-corrected chi connectivity index (χ0v) is 11.9. The van der Waals surface area contributed by atoms with Crippen LogP contribution < -0.4 is 11.1 Å². The molecule has 0 fully saturated rings. The molecule has 0 aliphatic rings. The summed E-state index contributed by atoms with van der Waals surface area (Å²) >= 11 is 0. The highest BCUT2D eigenvalue weighted by atomic mass is 19.1. The first-order valence-electron chi connectivity index (χ1n) is 6.66. The Morgan fingerprint density at radius 3 is 2.35 bits per heavy atom. The minimum Gasteiger partial charge on any atom is -0.368 e. The van der Waals surface area contributed by atoms with Crippen LogP contribution in [0.5, 0.6) is 0 Å². The van der Waals surface area contributed by atoms with E-state index in [1.165, 1.54) is 18.2 Å². The van der Waals surface area contributed by atoms with Gasteiger partial charge in [0.25, 0.3) is 5.91 Å². The van der Waals surface area contributed by atoms with E-state index < -0.39 is 40.9 Å². The molecule has 3 N–H and O–H groups in total. The van der Waals surface area contributed by atoms with Crippen LogP contribution in [0.25, 0.3) is 0 Å². The lowest BCUT2D eigenvalue weighted by molar-refractivity contribution is -0.119. The molecule has 0 unspecified atom stereocenters. The van der Waals surface area contributed by atoms with Crippen LogP contribution in [0.3, 0.4) is 0 Å². The molecule has 0 aliphatic carbocycles. The largest absolute Gasteiger partial charge is 0.368 e. The van der Waals surface area contributed by atoms with E-state index >= 15 is 0 Å². The van der Waals surface area contributed by atoms with Gasteiger partial charge in [-0.25, -0.2) is 13.2 Å². The van der Waals surface area contributed by atoms with Crippen LogP contribution in [0.2, 0.25) is 0 Å². The van der Waals surface area contributed by atoms with Crippen LogP contribution >= 0.6 is 0 Å². The normalized spacial score (nSPS) is 11.8. The summed E-state index contributed by atoms with van der Waals surface area (Å²) in [5.41, 5.74) is 5.23. The maximum atomic E-state index is 13.6. The van der Waals surface area contributed by atoms with Crippen LogP contribution in [-0.4, -0.2) is 17.9 Å². The first-order chi connectivity index (χ1) is 10.9. The van der Waals surface area contributed by atoms with E-state index in [0.717, 1.165) is 12.1 Å². The van der Waals surface area contributed by atoms with Crippen molar-refractivity contribution in [2.45, 2.75) is 12.5 Å². The summed E-state index contributed by atoms with van der Waals surface area (Å²) in [6.45, 7) is 0. The smallest absolute Gasteiger partial charge is 0.254 e. The minimum atomic E-state index is -1.16. The van der Waals surface area contributed by atoms with Gasteiger partial charge in [0.2, 0.25) is 5.91 Å². The summed E-state index contributed by atoms with van der Waals surface area (Å²) in [7, 11) is 0. The van der Waals surface area contributed by atoms with Crippen LogP contribution in [0.4, 0.5) is 13.2 Å². The Morgan fingerprint density at radius 2 is 1.74 bits per heavy atom. The second-order valence-electron chi connectivity index (χ2n) is 4.89. The van der Waals surface area contributed by atoms with Crippen molar-refractivity contribution < 1.29 is 22.8 Å². The predicted molar refractivity (Wildman–Crippen MR) is 76.9 cm³/mol. The number of benzene rings is 2. The molecule has 2 rings (SSSR count). The molecule has 120 valence electrons. The molecule has 0 aliphatic heterocycles. The summed E-state index contributed by atoms with van der Waals surface area (Å²) in [5.74, 6) is -4.16. The SMILES string of the molecule is NC(=O)[C@@H](Cc1cccc(F)c1)NC(=O)c1ccc(F)cc1F. The van der Waals surface area contributed by atoms with E-state index in [0.29, 0.717) is 11.6 Å². The highest BCUT2D eigenvalue weighted by Gasteiger charge is 2.21. The number of nitrogens with one attached hydrogen (secondary N) is 1. The highest BCUT2D eigenvalue weighted by molar-refractivity contribution is 5.97. The molecule has 0 aromatic heterocycles. The van der Waals surface area contributed by atoms with Crippen molar-refractivity contribution in [3.63, 3.8) is 0 Å². The maximum Gasteiger partial charge on any atom is 0.254 e. The zero-order valence-electron chi connectivity index (χ0n) is 11.9. The number of hydrogen-bond acceptors (Lipinski definition) is 2. The second kappa shape index (κ2) is 6.95. The summed E-state index contributed by atoms with van der Waals surface area (Å²) in [6.07, 6.45) is -0.0539. The number of hydrogen-bond donors (Lipinski definition) is 2. The number of nitrogens with two attached hydrogens (primary N) is 1. The van der Waals surface area contributed by atoms with Crippen LogP contribution in [0.15, 0.2) is 42.5 Å². The zero-order chi connectivity index (χ0) is 17.0. The van der Waals surface area contributed by atoms with Gasteiger partial charge in [-0.3, -0.25) is 9.59 Å². The fraction of sp³-hybridized carbons (Fsp3) is 0.125. The monoisotopic (exact) mass is 322 g/mol. The van der Waals surface area contributed by atoms with Crippen molar-refractivity contribution >= 4 is 11.8 Å². The van der Waals surface area contributed by atoms with Crippen molar-refractivity contribution in [2.24, 2.45) is 5.73 Å². The van der Waals surface area contributed by atoms with Gasteiger partial charge in [0.1, 0.15) is 23.5 Å². The number of amides is 2. The van der Waals surface area contributed by atoms with Crippen LogP contribution in [0.1, 0.15) is 15.9 Å². The Kier molecular flexibility index (Phi) is 5.00. The average molecular weight is 322 g/mol. The molecular weight excluding hydrogens is 309 g/mol. The van der Waals surface area contributed by atoms with E-state index in [4.69, 9.17) is 5.73 Å². The summed E-state index contributed by atoms with van der Waals surface area (Å²) in [4.78, 5) is 23.4. The third-order valence-electron chi connectivity index (χ3n) is 3.15. The van der Waals surface area contributed by atoms with Gasteiger partial charge in [0.05, 0.1) is 5.56 Å². The molecule has 0 saturated carbocycles. The average Bonchev–Trinajstić information content (AvgIpc) is 2.46. The number of primary amides is 1. The van der Waals surface area contributed by atoms with E-state index in [9.17, 15) is 22.8 Å². The Bertz CT molecular complexity index is 750. The van der Waals surface area contributed by atoms with Gasteiger partial charge in [-0.1, -0.05) is 12.1 Å².